The fourth-order valence-corrected chi connectivity index (χ4v) is 5.21. The number of allylic oxidation sites excluding steroid dienone is 1. The molecular weight excluding hydrogens is 388 g/mol. The van der Waals surface area contributed by atoms with E-state index in [1.54, 1.807) is 0 Å². The van der Waals surface area contributed by atoms with Crippen LogP contribution < -0.4 is 11.5 Å². The highest BCUT2D eigenvalue weighted by Gasteiger charge is 2.51. The molecule has 8 heteroatoms. The van der Waals surface area contributed by atoms with Crippen LogP contribution in [0.1, 0.15) is 37.7 Å². The average molecular weight is 413 g/mol. The summed E-state index contributed by atoms with van der Waals surface area (Å²) in [7, 11) is 0. The minimum Gasteiger partial charge on any atom is -0.460 e. The molecule has 0 saturated heterocycles. The molecule has 1 atom stereocenters. The number of primary amides is 1. The Morgan fingerprint density at radius 2 is 1.93 bits per heavy atom. The minimum absolute atomic E-state index is 0.0132. The van der Waals surface area contributed by atoms with Gasteiger partial charge in [0.25, 0.3) is 0 Å². The Bertz CT molecular complexity index is 883. The van der Waals surface area contributed by atoms with Gasteiger partial charge in [-0.1, -0.05) is 61.4 Å². The zero-order chi connectivity index (χ0) is 20.9. The molecule has 1 aliphatic heterocycles. The van der Waals surface area contributed by atoms with Crippen LogP contribution in [-0.4, -0.2) is 22.7 Å². The van der Waals surface area contributed by atoms with Crippen LogP contribution >= 0.6 is 11.8 Å². The number of nitriles is 1. The van der Waals surface area contributed by atoms with E-state index < -0.39 is 23.2 Å². The van der Waals surface area contributed by atoms with Crippen molar-refractivity contribution in [2.24, 2.45) is 27.8 Å². The summed E-state index contributed by atoms with van der Waals surface area (Å²) < 4.78 is 5.29. The third kappa shape index (κ3) is 4.46. The van der Waals surface area contributed by atoms with Crippen LogP contribution in [-0.2, 0) is 20.9 Å². The van der Waals surface area contributed by atoms with Crippen molar-refractivity contribution in [2.75, 3.05) is 5.75 Å². The lowest BCUT2D eigenvalue weighted by Crippen LogP contribution is -2.48. The zero-order valence-electron chi connectivity index (χ0n) is 16.1. The highest BCUT2D eigenvalue weighted by atomic mass is 32.2. The van der Waals surface area contributed by atoms with Crippen LogP contribution in [0.15, 0.2) is 46.7 Å². The van der Waals surface area contributed by atoms with Gasteiger partial charge < -0.3 is 16.2 Å². The molecule has 29 heavy (non-hydrogen) atoms. The maximum Gasteiger partial charge on any atom is 0.316 e. The highest BCUT2D eigenvalue weighted by Crippen LogP contribution is 2.52. The molecule has 4 N–H and O–H groups in total. The third-order valence-electron chi connectivity index (χ3n) is 5.51. The summed E-state index contributed by atoms with van der Waals surface area (Å²) in [6, 6.07) is 11.5. The van der Waals surface area contributed by atoms with E-state index in [0.29, 0.717) is 23.5 Å². The van der Waals surface area contributed by atoms with Crippen molar-refractivity contribution in [3.63, 3.8) is 0 Å². The normalized spacial score (nSPS) is 20.7. The summed E-state index contributed by atoms with van der Waals surface area (Å²) in [5.74, 6) is -1.61. The Kier molecular flexibility index (Phi) is 6.60. The van der Waals surface area contributed by atoms with Gasteiger partial charge in [0.2, 0.25) is 5.91 Å². The second-order valence-corrected chi connectivity index (χ2v) is 8.30. The highest BCUT2D eigenvalue weighted by molar-refractivity contribution is 8.14. The predicted octanol–water partition coefficient (Wildman–Crippen LogP) is 2.62. The molecule has 0 radical (unpaired) electrons. The monoisotopic (exact) mass is 412 g/mol. The molecule has 0 unspecified atom stereocenters. The molecule has 1 aromatic carbocycles. The van der Waals surface area contributed by atoms with Gasteiger partial charge in [0.05, 0.1) is 28.4 Å². The molecule has 3 rings (SSSR count). The van der Waals surface area contributed by atoms with Gasteiger partial charge in [-0.3, -0.25) is 9.59 Å². The van der Waals surface area contributed by atoms with E-state index in [-0.39, 0.29) is 18.2 Å². The van der Waals surface area contributed by atoms with Gasteiger partial charge in [0, 0.05) is 5.41 Å². The SMILES string of the molecule is N#CC1=C(N)N=C(SCC(=O)OCc2ccccc2)[C@@H](C(N)=O)C12CCCCC2. The number of amides is 1. The summed E-state index contributed by atoms with van der Waals surface area (Å²) in [5.41, 5.74) is 12.3. The molecule has 152 valence electrons. The largest absolute Gasteiger partial charge is 0.460 e. The molecule has 1 aromatic rings. The van der Waals surface area contributed by atoms with E-state index in [2.05, 4.69) is 11.1 Å². The number of rotatable bonds is 5. The Morgan fingerprint density at radius 3 is 2.55 bits per heavy atom. The molecule has 1 aliphatic carbocycles. The minimum atomic E-state index is -0.753. The van der Waals surface area contributed by atoms with Crippen LogP contribution in [0, 0.1) is 22.7 Å². The van der Waals surface area contributed by atoms with Gasteiger partial charge in [-0.25, -0.2) is 4.99 Å². The van der Waals surface area contributed by atoms with Gasteiger partial charge in [0.15, 0.2) is 0 Å². The van der Waals surface area contributed by atoms with Crippen LogP contribution in [0.5, 0.6) is 0 Å². The van der Waals surface area contributed by atoms with Gasteiger partial charge in [-0.2, -0.15) is 5.26 Å². The number of ether oxygens (including phenoxy) is 1. The first-order chi connectivity index (χ1) is 14.0. The maximum absolute atomic E-state index is 12.4. The third-order valence-corrected chi connectivity index (χ3v) is 6.51. The quantitative estimate of drug-likeness (QED) is 0.715. The van der Waals surface area contributed by atoms with Crippen LogP contribution in [0.2, 0.25) is 0 Å². The Morgan fingerprint density at radius 1 is 1.24 bits per heavy atom. The first-order valence-corrected chi connectivity index (χ1v) is 10.6. The summed E-state index contributed by atoms with van der Waals surface area (Å²) >= 11 is 1.11. The van der Waals surface area contributed by atoms with Gasteiger partial charge in [-0.05, 0) is 18.4 Å². The van der Waals surface area contributed by atoms with Crippen molar-refractivity contribution in [1.29, 1.82) is 5.26 Å². The number of carbonyl (C=O) groups is 2. The van der Waals surface area contributed by atoms with E-state index in [0.717, 1.165) is 36.6 Å². The van der Waals surface area contributed by atoms with Gasteiger partial charge in [0.1, 0.15) is 12.4 Å². The Labute approximate surface area is 174 Å². The second-order valence-electron chi connectivity index (χ2n) is 7.31. The zero-order valence-corrected chi connectivity index (χ0v) is 16.9. The standard InChI is InChI=1S/C21H24N4O3S/c22-11-15-18(23)25-20(17(19(24)27)21(15)9-5-2-6-10-21)29-13-16(26)28-12-14-7-3-1-4-8-14/h1,3-4,7-8,17H,2,5-6,9-10,12-13,23H2,(H2,24,27)/t17-/m1/s1. The van der Waals surface area contributed by atoms with Crippen molar-refractivity contribution in [1.82, 2.24) is 0 Å². The lowest BCUT2D eigenvalue weighted by molar-refractivity contribution is -0.141. The number of nitrogens with two attached hydrogens (primary N) is 2. The molecule has 7 nitrogen and oxygen atoms in total. The molecule has 1 saturated carbocycles. The second kappa shape index (κ2) is 9.14. The summed E-state index contributed by atoms with van der Waals surface area (Å²) in [6.07, 6.45) is 4.13. The smallest absolute Gasteiger partial charge is 0.316 e. The number of esters is 1. The van der Waals surface area contributed by atoms with E-state index >= 15 is 0 Å². The average Bonchev–Trinajstić information content (AvgIpc) is 2.71. The summed E-state index contributed by atoms with van der Waals surface area (Å²) in [4.78, 5) is 28.9. The number of hydrogen-bond acceptors (Lipinski definition) is 7. The topological polar surface area (TPSA) is 132 Å². The molecular formula is C21H24N4O3S. The van der Waals surface area contributed by atoms with Gasteiger partial charge in [-0.15, -0.1) is 0 Å². The number of nitrogens with zero attached hydrogens (tertiary/aromatic N) is 2. The lowest BCUT2D eigenvalue weighted by Gasteiger charge is -2.44. The number of aliphatic imine (C=N–C) groups is 1. The fourth-order valence-electron chi connectivity index (χ4n) is 4.19. The van der Waals surface area contributed by atoms with Crippen molar-refractivity contribution >= 4 is 28.7 Å². The first-order valence-electron chi connectivity index (χ1n) is 9.58. The fraction of sp³-hybridized carbons (Fsp3) is 0.429. The molecule has 0 bridgehead atoms. The number of carbonyl (C=O) groups excluding carboxylic acids is 2. The Hall–Kier alpha value is -2.79. The molecule has 1 heterocycles. The number of thioether (sulfide) groups is 1. The van der Waals surface area contributed by atoms with E-state index in [1.807, 2.05) is 30.3 Å². The predicted molar refractivity (Wildman–Crippen MR) is 111 cm³/mol. The van der Waals surface area contributed by atoms with Crippen LogP contribution in [0.4, 0.5) is 0 Å². The summed E-state index contributed by atoms with van der Waals surface area (Å²) in [5, 5.41) is 10.1. The maximum atomic E-state index is 12.4. The molecule has 1 amide bonds. The van der Waals surface area contributed by atoms with E-state index in [9.17, 15) is 14.9 Å². The first kappa shape index (κ1) is 20.9. The van der Waals surface area contributed by atoms with E-state index in [1.165, 1.54) is 0 Å². The van der Waals surface area contributed by atoms with Crippen molar-refractivity contribution in [2.45, 2.75) is 38.7 Å². The van der Waals surface area contributed by atoms with Crippen molar-refractivity contribution < 1.29 is 14.3 Å². The number of hydrogen-bond donors (Lipinski definition) is 2. The number of benzene rings is 1. The molecule has 2 aliphatic rings. The van der Waals surface area contributed by atoms with Crippen LogP contribution in [0.25, 0.3) is 0 Å². The van der Waals surface area contributed by atoms with Gasteiger partial charge >= 0.3 is 5.97 Å². The van der Waals surface area contributed by atoms with Crippen molar-refractivity contribution in [3.8, 4) is 6.07 Å². The van der Waals surface area contributed by atoms with Crippen LogP contribution in [0.3, 0.4) is 0 Å². The molecule has 1 spiro atoms. The Balaban J connectivity index is 1.75. The van der Waals surface area contributed by atoms with Crippen molar-refractivity contribution in [3.05, 3.63) is 47.3 Å². The lowest BCUT2D eigenvalue weighted by atomic mass is 9.61. The summed E-state index contributed by atoms with van der Waals surface area (Å²) in [6.45, 7) is 0.177. The van der Waals surface area contributed by atoms with E-state index in [4.69, 9.17) is 16.2 Å². The molecule has 1 fully saturated rings. The molecule has 0 aromatic heterocycles.